The number of phenols is 1. The summed E-state index contributed by atoms with van der Waals surface area (Å²) in [6.45, 7) is 0. The topological polar surface area (TPSA) is 183 Å². The molecule has 0 saturated heterocycles. The van der Waals surface area contributed by atoms with Crippen molar-refractivity contribution >= 4 is 88.8 Å². The van der Waals surface area contributed by atoms with E-state index in [4.69, 9.17) is 34.8 Å². The van der Waals surface area contributed by atoms with Crippen LogP contribution in [0, 0.1) is 0 Å². The SMILES string of the molecule is O=C(Nc1ccc(S(=O)(=O)O)c2cc(S(=O)(=O)O)c(N=Nc3cccc(Cl)c3)c(O)c12)c1ccc(Cl)cc1Cl. The van der Waals surface area contributed by atoms with E-state index in [2.05, 4.69) is 15.5 Å². The quantitative estimate of drug-likeness (QED) is 0.134. The molecule has 0 heterocycles. The van der Waals surface area contributed by atoms with Gasteiger partial charge in [-0.2, -0.15) is 21.9 Å². The molecule has 4 rings (SSSR count). The van der Waals surface area contributed by atoms with Crippen LogP contribution in [-0.4, -0.2) is 37.0 Å². The zero-order valence-electron chi connectivity index (χ0n) is 19.0. The van der Waals surface area contributed by atoms with Gasteiger partial charge in [0, 0.05) is 15.4 Å². The third-order valence-corrected chi connectivity index (χ3v) is 7.79. The first kappa shape index (κ1) is 28.7. The van der Waals surface area contributed by atoms with Crippen LogP contribution in [0.3, 0.4) is 0 Å². The summed E-state index contributed by atoms with van der Waals surface area (Å²) in [4.78, 5) is 11.1. The largest absolute Gasteiger partial charge is 0.505 e. The molecular formula is C23H14Cl3N3O8S2. The van der Waals surface area contributed by atoms with E-state index in [0.717, 1.165) is 12.1 Å². The number of fused-ring (bicyclic) bond motifs is 1. The summed E-state index contributed by atoms with van der Waals surface area (Å²) < 4.78 is 68.1. The van der Waals surface area contributed by atoms with E-state index in [0.29, 0.717) is 6.07 Å². The van der Waals surface area contributed by atoms with Crippen molar-refractivity contribution in [1.82, 2.24) is 0 Å². The molecule has 4 aromatic carbocycles. The molecule has 39 heavy (non-hydrogen) atoms. The first-order chi connectivity index (χ1) is 18.2. The van der Waals surface area contributed by atoms with Crippen LogP contribution >= 0.6 is 34.8 Å². The monoisotopic (exact) mass is 629 g/mol. The number of anilines is 1. The second-order valence-electron chi connectivity index (χ2n) is 7.81. The normalized spacial score (nSPS) is 12.2. The number of carbonyl (C=O) groups is 1. The molecule has 0 saturated carbocycles. The highest BCUT2D eigenvalue weighted by molar-refractivity contribution is 7.86. The first-order valence-corrected chi connectivity index (χ1v) is 14.4. The third-order valence-electron chi connectivity index (χ3n) is 5.23. The van der Waals surface area contributed by atoms with Crippen LogP contribution in [0.5, 0.6) is 5.75 Å². The number of nitrogens with one attached hydrogen (secondary N) is 1. The van der Waals surface area contributed by atoms with E-state index < -0.39 is 58.1 Å². The number of phenolic OH excluding ortho intramolecular Hbond substituents is 1. The second-order valence-corrected chi connectivity index (χ2v) is 11.9. The predicted molar refractivity (Wildman–Crippen MR) is 145 cm³/mol. The molecular weight excluding hydrogens is 617 g/mol. The highest BCUT2D eigenvalue weighted by Crippen LogP contribution is 2.46. The molecule has 0 bridgehead atoms. The molecule has 202 valence electrons. The Kier molecular flexibility index (Phi) is 7.87. The minimum atomic E-state index is -5.14. The van der Waals surface area contributed by atoms with E-state index in [1.807, 2.05) is 0 Å². The Hall–Kier alpha value is -3.30. The Morgan fingerprint density at radius 2 is 1.46 bits per heavy atom. The van der Waals surface area contributed by atoms with Crippen LogP contribution in [-0.2, 0) is 20.2 Å². The second kappa shape index (κ2) is 10.7. The first-order valence-electron chi connectivity index (χ1n) is 10.4. The molecule has 1 amide bonds. The van der Waals surface area contributed by atoms with Crippen molar-refractivity contribution in [3.63, 3.8) is 0 Å². The summed E-state index contributed by atoms with van der Waals surface area (Å²) in [7, 11) is -10.1. The average molecular weight is 631 g/mol. The predicted octanol–water partition coefficient (Wildman–Crippen LogP) is 6.67. The molecule has 0 aromatic heterocycles. The van der Waals surface area contributed by atoms with Crippen molar-refractivity contribution in [1.29, 1.82) is 0 Å². The lowest BCUT2D eigenvalue weighted by molar-refractivity contribution is 0.102. The molecule has 4 aromatic rings. The van der Waals surface area contributed by atoms with Crippen molar-refractivity contribution in [2.75, 3.05) is 5.32 Å². The number of hydrogen-bond acceptors (Lipinski definition) is 8. The summed E-state index contributed by atoms with van der Waals surface area (Å²) in [5, 5.41) is 20.7. The lowest BCUT2D eigenvalue weighted by Crippen LogP contribution is -2.13. The molecule has 0 radical (unpaired) electrons. The number of hydrogen-bond donors (Lipinski definition) is 4. The standard InChI is InChI=1S/C23H14Cl3N3O8S2/c24-11-2-1-3-13(8-11)28-29-21-19(39(35,36)37)10-15-18(38(32,33)34)7-6-17(20(15)22(21)30)27-23(31)14-5-4-12(25)9-16(14)26/h1-10,30H,(H,27,31)(H,32,33,34)(H,35,36,37). The molecule has 0 spiro atoms. The van der Waals surface area contributed by atoms with Gasteiger partial charge in [0.2, 0.25) is 0 Å². The fourth-order valence-electron chi connectivity index (χ4n) is 3.57. The van der Waals surface area contributed by atoms with Gasteiger partial charge in [-0.05, 0) is 54.6 Å². The van der Waals surface area contributed by atoms with Gasteiger partial charge >= 0.3 is 0 Å². The minimum absolute atomic E-state index is 0.0206. The van der Waals surface area contributed by atoms with Gasteiger partial charge in [0.05, 0.1) is 27.3 Å². The van der Waals surface area contributed by atoms with Gasteiger partial charge < -0.3 is 10.4 Å². The number of halogens is 3. The minimum Gasteiger partial charge on any atom is -0.505 e. The van der Waals surface area contributed by atoms with Crippen molar-refractivity contribution in [3.05, 3.63) is 81.3 Å². The maximum atomic E-state index is 13.0. The lowest BCUT2D eigenvalue weighted by atomic mass is 10.1. The maximum absolute atomic E-state index is 13.0. The van der Waals surface area contributed by atoms with E-state index in [-0.39, 0.29) is 32.0 Å². The zero-order valence-corrected chi connectivity index (χ0v) is 22.9. The molecule has 0 aliphatic rings. The average Bonchev–Trinajstić information content (AvgIpc) is 2.81. The van der Waals surface area contributed by atoms with E-state index in [1.165, 1.54) is 42.5 Å². The van der Waals surface area contributed by atoms with E-state index >= 15 is 0 Å². The Morgan fingerprint density at radius 1 is 0.795 bits per heavy atom. The Morgan fingerprint density at radius 3 is 2.08 bits per heavy atom. The van der Waals surface area contributed by atoms with Gasteiger partial charge in [-0.3, -0.25) is 13.9 Å². The van der Waals surface area contributed by atoms with E-state index in [1.54, 1.807) is 0 Å². The maximum Gasteiger partial charge on any atom is 0.296 e. The fraction of sp³-hybridized carbons (Fsp3) is 0. The summed E-state index contributed by atoms with van der Waals surface area (Å²) in [5.74, 6) is -1.80. The number of azo groups is 1. The van der Waals surface area contributed by atoms with Gasteiger partial charge in [-0.15, -0.1) is 5.11 Å². The lowest BCUT2D eigenvalue weighted by Gasteiger charge is -2.15. The Bertz CT molecular complexity index is 1910. The van der Waals surface area contributed by atoms with Crippen molar-refractivity contribution < 1.29 is 35.8 Å². The number of benzene rings is 4. The summed E-state index contributed by atoms with van der Waals surface area (Å²) in [6.07, 6.45) is 0. The zero-order chi connectivity index (χ0) is 28.7. The number of rotatable bonds is 6. The molecule has 0 aliphatic heterocycles. The van der Waals surface area contributed by atoms with Crippen LogP contribution < -0.4 is 5.32 Å². The molecule has 0 atom stereocenters. The van der Waals surface area contributed by atoms with Gasteiger partial charge in [-0.1, -0.05) is 40.9 Å². The molecule has 0 unspecified atom stereocenters. The smallest absolute Gasteiger partial charge is 0.296 e. The van der Waals surface area contributed by atoms with E-state index in [9.17, 15) is 35.8 Å². The van der Waals surface area contributed by atoms with Gasteiger partial charge in [0.25, 0.3) is 26.1 Å². The van der Waals surface area contributed by atoms with Gasteiger partial charge in [0.1, 0.15) is 15.5 Å². The number of amides is 1. The van der Waals surface area contributed by atoms with Crippen LogP contribution in [0.25, 0.3) is 10.8 Å². The molecule has 0 fully saturated rings. The highest BCUT2D eigenvalue weighted by Gasteiger charge is 2.28. The third kappa shape index (κ3) is 6.15. The molecule has 16 heteroatoms. The molecule has 0 aliphatic carbocycles. The van der Waals surface area contributed by atoms with Crippen LogP contribution in [0.4, 0.5) is 17.1 Å². The van der Waals surface area contributed by atoms with Crippen molar-refractivity contribution in [3.8, 4) is 5.75 Å². The Labute approximate surface area is 236 Å². The summed E-state index contributed by atoms with van der Waals surface area (Å²) in [6, 6.07) is 12.5. The molecule has 4 N–H and O–H groups in total. The summed E-state index contributed by atoms with van der Waals surface area (Å²) in [5.41, 5.74) is -0.923. The number of nitrogens with zero attached hydrogens (tertiary/aromatic N) is 2. The number of carbonyl (C=O) groups excluding carboxylic acids is 1. The van der Waals surface area contributed by atoms with Gasteiger partial charge in [0.15, 0.2) is 5.75 Å². The van der Waals surface area contributed by atoms with Crippen LogP contribution in [0.1, 0.15) is 10.4 Å². The highest BCUT2D eigenvalue weighted by atomic mass is 35.5. The van der Waals surface area contributed by atoms with Crippen molar-refractivity contribution in [2.24, 2.45) is 10.2 Å². The van der Waals surface area contributed by atoms with Crippen LogP contribution in [0.2, 0.25) is 15.1 Å². The number of aromatic hydroxyl groups is 1. The summed E-state index contributed by atoms with van der Waals surface area (Å²) >= 11 is 17.9. The van der Waals surface area contributed by atoms with Crippen LogP contribution in [0.15, 0.2) is 80.7 Å². The van der Waals surface area contributed by atoms with Crippen molar-refractivity contribution in [2.45, 2.75) is 9.79 Å². The molecule has 11 nitrogen and oxygen atoms in total. The Balaban J connectivity index is 2.01. The fourth-order valence-corrected chi connectivity index (χ4v) is 5.57. The van der Waals surface area contributed by atoms with Gasteiger partial charge in [-0.25, -0.2) is 0 Å².